The van der Waals surface area contributed by atoms with Gasteiger partial charge in [0.15, 0.2) is 0 Å². The molecule has 3 aromatic rings. The fraction of sp³-hybridized carbons (Fsp3) is 0.0667. The molecule has 2 N–H and O–H groups in total. The summed E-state index contributed by atoms with van der Waals surface area (Å²) in [6.45, 7) is 1.92. The molecule has 0 aliphatic rings. The maximum Gasteiger partial charge on any atom is 0.261 e. The smallest absolute Gasteiger partial charge is 0.261 e. The molecule has 0 radical (unpaired) electrons. The van der Waals surface area contributed by atoms with Crippen molar-refractivity contribution in [1.82, 2.24) is 4.98 Å². The second kappa shape index (κ2) is 4.68. The molecule has 4 nitrogen and oxygen atoms in total. The van der Waals surface area contributed by atoms with Crippen LogP contribution in [0.3, 0.4) is 0 Å². The largest absolute Gasteiger partial charge is 0.361 e. The van der Waals surface area contributed by atoms with Crippen molar-refractivity contribution in [2.24, 2.45) is 0 Å². The van der Waals surface area contributed by atoms with Gasteiger partial charge in [0, 0.05) is 17.1 Å². The number of H-pyrrole nitrogens is 1. The van der Waals surface area contributed by atoms with Gasteiger partial charge in [-0.05, 0) is 37.3 Å². The van der Waals surface area contributed by atoms with Gasteiger partial charge in [-0.2, -0.15) is 0 Å². The van der Waals surface area contributed by atoms with Gasteiger partial charge in [-0.25, -0.2) is 8.42 Å². The number of anilines is 1. The Morgan fingerprint density at radius 3 is 2.50 bits per heavy atom. The quantitative estimate of drug-likeness (QED) is 0.776. The van der Waals surface area contributed by atoms with Crippen LogP contribution in [0.2, 0.25) is 0 Å². The SMILES string of the molecule is Cc1ccc(S(=O)(=O)Nc2cccc3[nH]ccc23)cc1. The number of aryl methyl sites for hydroxylation is 1. The van der Waals surface area contributed by atoms with Gasteiger partial charge in [0.05, 0.1) is 10.6 Å². The summed E-state index contributed by atoms with van der Waals surface area (Å²) < 4.78 is 27.3. The highest BCUT2D eigenvalue weighted by Gasteiger charge is 2.15. The van der Waals surface area contributed by atoms with Gasteiger partial charge in [-0.15, -0.1) is 0 Å². The summed E-state index contributed by atoms with van der Waals surface area (Å²) in [6.07, 6.45) is 1.79. The number of nitrogens with one attached hydrogen (secondary N) is 2. The number of rotatable bonds is 3. The van der Waals surface area contributed by atoms with Crippen molar-refractivity contribution in [3.8, 4) is 0 Å². The summed E-state index contributed by atoms with van der Waals surface area (Å²) in [5.41, 5.74) is 2.50. The normalized spacial score (nSPS) is 11.7. The minimum atomic E-state index is -3.56. The number of fused-ring (bicyclic) bond motifs is 1. The minimum Gasteiger partial charge on any atom is -0.361 e. The zero-order valence-corrected chi connectivity index (χ0v) is 11.7. The monoisotopic (exact) mass is 286 g/mol. The van der Waals surface area contributed by atoms with Crippen molar-refractivity contribution < 1.29 is 8.42 Å². The molecule has 0 saturated heterocycles. The Morgan fingerprint density at radius 1 is 1.00 bits per heavy atom. The average Bonchev–Trinajstić information content (AvgIpc) is 2.88. The molecule has 0 atom stereocenters. The van der Waals surface area contributed by atoms with E-state index in [0.29, 0.717) is 5.69 Å². The Labute approximate surface area is 117 Å². The van der Waals surface area contributed by atoms with Crippen LogP contribution < -0.4 is 4.72 Å². The molecule has 3 rings (SSSR count). The Morgan fingerprint density at radius 2 is 1.75 bits per heavy atom. The van der Waals surface area contributed by atoms with Crippen LogP contribution in [0.4, 0.5) is 5.69 Å². The van der Waals surface area contributed by atoms with Gasteiger partial charge in [-0.3, -0.25) is 4.72 Å². The van der Waals surface area contributed by atoms with Gasteiger partial charge in [-0.1, -0.05) is 23.8 Å². The molecular weight excluding hydrogens is 272 g/mol. The summed E-state index contributed by atoms with van der Waals surface area (Å²) in [7, 11) is -3.56. The summed E-state index contributed by atoms with van der Waals surface area (Å²) >= 11 is 0. The predicted molar refractivity (Wildman–Crippen MR) is 80.3 cm³/mol. The summed E-state index contributed by atoms with van der Waals surface area (Å²) in [6, 6.07) is 14.1. The fourth-order valence-electron chi connectivity index (χ4n) is 2.10. The number of hydrogen-bond donors (Lipinski definition) is 2. The van der Waals surface area contributed by atoms with Gasteiger partial charge < -0.3 is 4.98 Å². The summed E-state index contributed by atoms with van der Waals surface area (Å²) in [5, 5.41) is 0.850. The Kier molecular flexibility index (Phi) is 2.99. The van der Waals surface area contributed by atoms with E-state index in [1.807, 2.05) is 25.1 Å². The number of aromatic nitrogens is 1. The summed E-state index contributed by atoms with van der Waals surface area (Å²) in [5.74, 6) is 0. The molecule has 0 unspecified atom stereocenters. The van der Waals surface area contributed by atoms with Crippen LogP contribution in [-0.4, -0.2) is 13.4 Å². The first-order valence-corrected chi connectivity index (χ1v) is 7.70. The second-order valence-corrected chi connectivity index (χ2v) is 6.35. The van der Waals surface area contributed by atoms with E-state index < -0.39 is 10.0 Å². The van der Waals surface area contributed by atoms with E-state index in [4.69, 9.17) is 0 Å². The van der Waals surface area contributed by atoms with Crippen LogP contribution in [-0.2, 0) is 10.0 Å². The third kappa shape index (κ3) is 2.28. The molecule has 0 amide bonds. The van der Waals surface area contributed by atoms with Crippen LogP contribution in [0, 0.1) is 6.92 Å². The Bertz CT molecular complexity index is 849. The van der Waals surface area contributed by atoms with E-state index in [1.165, 1.54) is 0 Å². The third-order valence-corrected chi connectivity index (χ3v) is 4.55. The molecule has 20 heavy (non-hydrogen) atoms. The number of sulfonamides is 1. The fourth-order valence-corrected chi connectivity index (χ4v) is 3.18. The number of aromatic amines is 1. The van der Waals surface area contributed by atoms with Gasteiger partial charge in [0.25, 0.3) is 10.0 Å². The molecule has 0 bridgehead atoms. The highest BCUT2D eigenvalue weighted by molar-refractivity contribution is 7.92. The van der Waals surface area contributed by atoms with Gasteiger partial charge in [0.1, 0.15) is 0 Å². The van der Waals surface area contributed by atoms with Crippen molar-refractivity contribution in [2.75, 3.05) is 4.72 Å². The van der Waals surface area contributed by atoms with Gasteiger partial charge in [0.2, 0.25) is 0 Å². The van der Waals surface area contributed by atoms with Crippen LogP contribution >= 0.6 is 0 Å². The van der Waals surface area contributed by atoms with E-state index in [9.17, 15) is 8.42 Å². The lowest BCUT2D eigenvalue weighted by atomic mass is 10.2. The second-order valence-electron chi connectivity index (χ2n) is 4.66. The highest BCUT2D eigenvalue weighted by Crippen LogP contribution is 2.25. The molecule has 2 aromatic carbocycles. The highest BCUT2D eigenvalue weighted by atomic mass is 32.2. The molecule has 0 saturated carbocycles. The van der Waals surface area contributed by atoms with Gasteiger partial charge >= 0.3 is 0 Å². The lowest BCUT2D eigenvalue weighted by molar-refractivity contribution is 0.601. The standard InChI is InChI=1S/C15H14N2O2S/c1-11-5-7-12(8-6-11)20(18,19)17-15-4-2-3-14-13(15)9-10-16-14/h2-10,16-17H,1H3. The molecule has 0 aliphatic heterocycles. The minimum absolute atomic E-state index is 0.260. The molecule has 0 aliphatic carbocycles. The number of hydrogen-bond acceptors (Lipinski definition) is 2. The van der Waals surface area contributed by atoms with E-state index in [2.05, 4.69) is 9.71 Å². The van der Waals surface area contributed by atoms with Crippen molar-refractivity contribution in [3.05, 3.63) is 60.3 Å². The molecule has 0 fully saturated rings. The Balaban J connectivity index is 2.01. The van der Waals surface area contributed by atoms with Crippen LogP contribution in [0.5, 0.6) is 0 Å². The average molecular weight is 286 g/mol. The van der Waals surface area contributed by atoms with Crippen LogP contribution in [0.1, 0.15) is 5.56 Å². The first kappa shape index (κ1) is 12.7. The van der Waals surface area contributed by atoms with Crippen molar-refractivity contribution in [2.45, 2.75) is 11.8 Å². The molecular formula is C15H14N2O2S. The van der Waals surface area contributed by atoms with Crippen LogP contribution in [0.15, 0.2) is 59.6 Å². The first-order chi connectivity index (χ1) is 9.56. The predicted octanol–water partition coefficient (Wildman–Crippen LogP) is 3.28. The zero-order valence-electron chi connectivity index (χ0n) is 10.9. The molecule has 102 valence electrons. The first-order valence-electron chi connectivity index (χ1n) is 6.22. The van der Waals surface area contributed by atoms with Crippen molar-refractivity contribution in [1.29, 1.82) is 0 Å². The van der Waals surface area contributed by atoms with E-state index in [-0.39, 0.29) is 4.90 Å². The van der Waals surface area contributed by atoms with Crippen molar-refractivity contribution >= 4 is 26.6 Å². The lowest BCUT2D eigenvalue weighted by Gasteiger charge is -2.09. The van der Waals surface area contributed by atoms with E-state index >= 15 is 0 Å². The van der Waals surface area contributed by atoms with Crippen LogP contribution in [0.25, 0.3) is 10.9 Å². The zero-order chi connectivity index (χ0) is 14.2. The maximum atomic E-state index is 12.4. The molecule has 1 heterocycles. The lowest BCUT2D eigenvalue weighted by Crippen LogP contribution is -2.13. The van der Waals surface area contributed by atoms with E-state index in [0.717, 1.165) is 16.5 Å². The molecule has 0 spiro atoms. The molecule has 1 aromatic heterocycles. The van der Waals surface area contributed by atoms with E-state index in [1.54, 1.807) is 36.5 Å². The summed E-state index contributed by atoms with van der Waals surface area (Å²) in [4.78, 5) is 3.32. The Hall–Kier alpha value is -2.27. The maximum absolute atomic E-state index is 12.4. The number of benzene rings is 2. The van der Waals surface area contributed by atoms with Crippen molar-refractivity contribution in [3.63, 3.8) is 0 Å². The molecule has 5 heteroatoms. The third-order valence-electron chi connectivity index (χ3n) is 3.17. The topological polar surface area (TPSA) is 62.0 Å².